The molecule has 2 nitrogen and oxygen atoms in total. The Morgan fingerprint density at radius 2 is 2.20 bits per heavy atom. The van der Waals surface area contributed by atoms with Crippen molar-refractivity contribution < 1.29 is 0 Å². The predicted octanol–water partition coefficient (Wildman–Crippen LogP) is 1.34. The lowest BCUT2D eigenvalue weighted by Crippen LogP contribution is -2.35. The Hall–Kier alpha value is -0.790. The number of hydrogen-bond donors (Lipinski definition) is 1. The zero-order valence-corrected chi connectivity index (χ0v) is 6.81. The molecule has 0 radical (unpaired) electrons. The summed E-state index contributed by atoms with van der Waals surface area (Å²) < 4.78 is 0. The molecule has 56 valence electrons. The highest BCUT2D eigenvalue weighted by atomic mass is 15.0. The van der Waals surface area contributed by atoms with Crippen LogP contribution in [0.15, 0.2) is 16.8 Å². The fourth-order valence-corrected chi connectivity index (χ4v) is 0.871. The highest BCUT2D eigenvalue weighted by Gasteiger charge is 2.10. The van der Waals surface area contributed by atoms with Crippen molar-refractivity contribution in [1.29, 1.82) is 0 Å². The standard InChI is InChI=1S/C8H14N2/c1-8(2,3)10-7-4-5-9-6-7/h4,6,10H,5H2,1-3H3. The van der Waals surface area contributed by atoms with E-state index >= 15 is 0 Å². The smallest absolute Gasteiger partial charge is 0.0594 e. The molecule has 1 heterocycles. The van der Waals surface area contributed by atoms with Crippen LogP contribution in [0.3, 0.4) is 0 Å². The summed E-state index contributed by atoms with van der Waals surface area (Å²) in [7, 11) is 0. The highest BCUT2D eigenvalue weighted by molar-refractivity contribution is 5.80. The molecule has 10 heavy (non-hydrogen) atoms. The van der Waals surface area contributed by atoms with Crippen molar-refractivity contribution in [2.75, 3.05) is 6.54 Å². The van der Waals surface area contributed by atoms with Crippen LogP contribution in [0.4, 0.5) is 0 Å². The molecule has 0 bridgehead atoms. The summed E-state index contributed by atoms with van der Waals surface area (Å²) in [5.74, 6) is 0. The van der Waals surface area contributed by atoms with E-state index in [1.807, 2.05) is 6.21 Å². The quantitative estimate of drug-likeness (QED) is 0.581. The molecule has 0 unspecified atom stereocenters. The third-order valence-corrected chi connectivity index (χ3v) is 1.17. The average molecular weight is 138 g/mol. The zero-order valence-electron chi connectivity index (χ0n) is 6.81. The summed E-state index contributed by atoms with van der Waals surface area (Å²) in [5.41, 5.74) is 1.30. The highest BCUT2D eigenvalue weighted by Crippen LogP contribution is 2.04. The molecule has 0 atom stereocenters. The molecular formula is C8H14N2. The monoisotopic (exact) mass is 138 g/mol. The molecule has 0 fully saturated rings. The Morgan fingerprint density at radius 1 is 1.50 bits per heavy atom. The SMILES string of the molecule is CC(C)(C)NC1=CCN=C1. The summed E-state index contributed by atoms with van der Waals surface area (Å²) in [5, 5.41) is 3.33. The van der Waals surface area contributed by atoms with Crippen LogP contribution in [0.2, 0.25) is 0 Å². The minimum absolute atomic E-state index is 0.155. The van der Waals surface area contributed by atoms with Gasteiger partial charge in [0.05, 0.1) is 12.2 Å². The van der Waals surface area contributed by atoms with Gasteiger partial charge in [-0.15, -0.1) is 0 Å². The molecule has 1 N–H and O–H groups in total. The first-order valence-corrected chi connectivity index (χ1v) is 3.56. The molecule has 0 saturated heterocycles. The number of rotatable bonds is 1. The van der Waals surface area contributed by atoms with Crippen LogP contribution in [0.25, 0.3) is 0 Å². The predicted molar refractivity (Wildman–Crippen MR) is 44.3 cm³/mol. The zero-order chi connectivity index (χ0) is 7.61. The van der Waals surface area contributed by atoms with E-state index in [2.05, 4.69) is 37.2 Å². The lowest BCUT2D eigenvalue weighted by molar-refractivity contribution is 0.484. The molecule has 1 aliphatic heterocycles. The largest absolute Gasteiger partial charge is 0.379 e. The van der Waals surface area contributed by atoms with Crippen molar-refractivity contribution in [3.05, 3.63) is 11.8 Å². The molecule has 1 aliphatic rings. The first-order chi connectivity index (χ1) is 4.58. The van der Waals surface area contributed by atoms with Gasteiger partial charge >= 0.3 is 0 Å². The third-order valence-electron chi connectivity index (χ3n) is 1.17. The van der Waals surface area contributed by atoms with E-state index in [0.717, 1.165) is 12.2 Å². The van der Waals surface area contributed by atoms with Crippen molar-refractivity contribution in [3.63, 3.8) is 0 Å². The van der Waals surface area contributed by atoms with Crippen LogP contribution in [0.1, 0.15) is 20.8 Å². The second-order valence-corrected chi connectivity index (χ2v) is 3.53. The van der Waals surface area contributed by atoms with Crippen molar-refractivity contribution in [1.82, 2.24) is 5.32 Å². The summed E-state index contributed by atoms with van der Waals surface area (Å²) in [4.78, 5) is 4.07. The third kappa shape index (κ3) is 2.21. The van der Waals surface area contributed by atoms with E-state index in [0.29, 0.717) is 0 Å². The Bertz CT molecular complexity index is 172. The van der Waals surface area contributed by atoms with Gasteiger partial charge < -0.3 is 5.32 Å². The van der Waals surface area contributed by atoms with Gasteiger partial charge in [0.15, 0.2) is 0 Å². The van der Waals surface area contributed by atoms with Gasteiger partial charge in [-0.25, -0.2) is 0 Å². The lowest BCUT2D eigenvalue weighted by atomic mass is 10.1. The van der Waals surface area contributed by atoms with Gasteiger partial charge in [-0.3, -0.25) is 4.99 Å². The second-order valence-electron chi connectivity index (χ2n) is 3.53. The Morgan fingerprint density at radius 3 is 2.60 bits per heavy atom. The van der Waals surface area contributed by atoms with Gasteiger partial charge in [0, 0.05) is 11.8 Å². The number of hydrogen-bond acceptors (Lipinski definition) is 2. The molecule has 0 aromatic carbocycles. The molecule has 2 heteroatoms. The number of nitrogens with one attached hydrogen (secondary N) is 1. The van der Waals surface area contributed by atoms with Crippen LogP contribution in [0.5, 0.6) is 0 Å². The average Bonchev–Trinajstić information content (AvgIpc) is 2.12. The van der Waals surface area contributed by atoms with Crippen LogP contribution in [0, 0.1) is 0 Å². The van der Waals surface area contributed by atoms with Crippen LogP contribution in [-0.4, -0.2) is 18.3 Å². The van der Waals surface area contributed by atoms with Gasteiger partial charge in [0.2, 0.25) is 0 Å². The molecule has 0 spiro atoms. The van der Waals surface area contributed by atoms with Crippen LogP contribution in [-0.2, 0) is 0 Å². The van der Waals surface area contributed by atoms with Gasteiger partial charge in [0.1, 0.15) is 0 Å². The summed E-state index contributed by atoms with van der Waals surface area (Å²) in [6.07, 6.45) is 3.97. The van der Waals surface area contributed by atoms with Crippen LogP contribution < -0.4 is 5.32 Å². The maximum Gasteiger partial charge on any atom is 0.0594 e. The molecule has 0 aliphatic carbocycles. The topological polar surface area (TPSA) is 24.4 Å². The molecular weight excluding hydrogens is 124 g/mol. The van der Waals surface area contributed by atoms with Gasteiger partial charge in [-0.05, 0) is 26.8 Å². The Balaban J connectivity index is 2.46. The van der Waals surface area contributed by atoms with E-state index in [4.69, 9.17) is 0 Å². The molecule has 0 aromatic rings. The Kier molecular flexibility index (Phi) is 1.79. The van der Waals surface area contributed by atoms with E-state index in [-0.39, 0.29) is 5.54 Å². The van der Waals surface area contributed by atoms with Crippen molar-refractivity contribution in [2.45, 2.75) is 26.3 Å². The van der Waals surface area contributed by atoms with Gasteiger partial charge in [-0.2, -0.15) is 0 Å². The fourth-order valence-electron chi connectivity index (χ4n) is 0.871. The molecule has 0 aromatic heterocycles. The first-order valence-electron chi connectivity index (χ1n) is 3.56. The molecule has 0 saturated carbocycles. The normalized spacial score (nSPS) is 17.3. The maximum absolute atomic E-state index is 4.07. The van der Waals surface area contributed by atoms with E-state index in [1.165, 1.54) is 0 Å². The van der Waals surface area contributed by atoms with Crippen molar-refractivity contribution in [2.24, 2.45) is 4.99 Å². The van der Waals surface area contributed by atoms with Gasteiger partial charge in [0.25, 0.3) is 0 Å². The van der Waals surface area contributed by atoms with Gasteiger partial charge in [-0.1, -0.05) is 0 Å². The first kappa shape index (κ1) is 7.32. The fraction of sp³-hybridized carbons (Fsp3) is 0.625. The Labute approximate surface area is 62.0 Å². The van der Waals surface area contributed by atoms with E-state index in [1.54, 1.807) is 0 Å². The van der Waals surface area contributed by atoms with E-state index in [9.17, 15) is 0 Å². The molecule has 0 amide bonds. The van der Waals surface area contributed by atoms with Crippen molar-refractivity contribution >= 4 is 6.21 Å². The van der Waals surface area contributed by atoms with Crippen LogP contribution >= 0.6 is 0 Å². The molecule has 1 rings (SSSR count). The number of allylic oxidation sites excluding steroid dienone is 1. The minimum Gasteiger partial charge on any atom is -0.379 e. The minimum atomic E-state index is 0.155. The summed E-state index contributed by atoms with van der Waals surface area (Å²) in [6, 6.07) is 0. The second kappa shape index (κ2) is 2.45. The number of nitrogens with zero attached hydrogens (tertiary/aromatic N) is 1. The lowest BCUT2D eigenvalue weighted by Gasteiger charge is -2.21. The van der Waals surface area contributed by atoms with Crippen molar-refractivity contribution in [3.8, 4) is 0 Å². The summed E-state index contributed by atoms with van der Waals surface area (Å²) in [6.45, 7) is 7.25. The van der Waals surface area contributed by atoms with E-state index < -0.39 is 0 Å². The summed E-state index contributed by atoms with van der Waals surface area (Å²) >= 11 is 0. The number of aliphatic imine (C=N–C) groups is 1. The maximum atomic E-state index is 4.07.